The lowest BCUT2D eigenvalue weighted by molar-refractivity contribution is -0.383. The zero-order valence-corrected chi connectivity index (χ0v) is 16.2. The highest BCUT2D eigenvalue weighted by atomic mass is 16.6. The van der Waals surface area contributed by atoms with E-state index in [9.17, 15) is 10.1 Å². The maximum absolute atomic E-state index is 11.6. The van der Waals surface area contributed by atoms with Gasteiger partial charge in [-0.3, -0.25) is 10.1 Å². The van der Waals surface area contributed by atoms with E-state index < -0.39 is 4.92 Å². The topological polar surface area (TPSA) is 104 Å². The highest BCUT2D eigenvalue weighted by Crippen LogP contribution is 2.33. The van der Waals surface area contributed by atoms with Crippen LogP contribution in [0.3, 0.4) is 0 Å². The molecule has 0 bridgehead atoms. The number of pyridine rings is 1. The smallest absolute Gasteiger partial charge is 0.334 e. The van der Waals surface area contributed by atoms with E-state index in [0.717, 1.165) is 22.6 Å². The maximum atomic E-state index is 11.6. The van der Waals surface area contributed by atoms with Crippen LogP contribution in [0.15, 0.2) is 60.8 Å². The minimum absolute atomic E-state index is 0.0782. The molecule has 8 nitrogen and oxygen atoms in total. The SMILES string of the molecule is COc1ccc(CN(Cc2ccc(OC)cc2)c2nccc(N)c2[N+](=O)[O-])cc1. The second-order valence-corrected chi connectivity index (χ2v) is 6.38. The van der Waals surface area contributed by atoms with Crippen LogP contribution in [0.1, 0.15) is 11.1 Å². The van der Waals surface area contributed by atoms with Gasteiger partial charge in [0, 0.05) is 19.3 Å². The van der Waals surface area contributed by atoms with Crippen LogP contribution in [-0.4, -0.2) is 24.1 Å². The predicted octanol–water partition coefficient (Wildman–Crippen LogP) is 3.80. The molecule has 8 heteroatoms. The standard InChI is InChI=1S/C21H22N4O4/c1-28-17-7-3-15(4-8-17)13-24(14-16-5-9-18(29-2)10-6-16)21-20(25(26)27)19(22)11-12-23-21/h3-12H,13-14H2,1-2H3,(H2,22,23). The normalized spacial score (nSPS) is 10.4. The van der Waals surface area contributed by atoms with Crippen LogP contribution in [0.4, 0.5) is 17.2 Å². The summed E-state index contributed by atoms with van der Waals surface area (Å²) in [5.74, 6) is 1.70. The molecule has 0 unspecified atom stereocenters. The van der Waals surface area contributed by atoms with E-state index in [-0.39, 0.29) is 17.2 Å². The van der Waals surface area contributed by atoms with Gasteiger partial charge in [-0.25, -0.2) is 4.98 Å². The molecule has 0 aliphatic carbocycles. The first-order valence-electron chi connectivity index (χ1n) is 8.91. The molecule has 1 heterocycles. The van der Waals surface area contributed by atoms with E-state index in [1.807, 2.05) is 53.4 Å². The second-order valence-electron chi connectivity index (χ2n) is 6.38. The van der Waals surface area contributed by atoms with Gasteiger partial charge in [-0.2, -0.15) is 0 Å². The average molecular weight is 394 g/mol. The summed E-state index contributed by atoms with van der Waals surface area (Å²) in [7, 11) is 3.20. The molecular formula is C21H22N4O4. The van der Waals surface area contributed by atoms with Crippen LogP contribution in [0.5, 0.6) is 11.5 Å². The number of nitrogens with two attached hydrogens (primary N) is 1. The van der Waals surface area contributed by atoms with Crippen molar-refractivity contribution in [3.8, 4) is 11.5 Å². The lowest BCUT2D eigenvalue weighted by Gasteiger charge is -2.24. The number of benzene rings is 2. The molecule has 0 atom stereocenters. The van der Waals surface area contributed by atoms with Crippen molar-refractivity contribution < 1.29 is 14.4 Å². The summed E-state index contributed by atoms with van der Waals surface area (Å²) >= 11 is 0. The first-order chi connectivity index (χ1) is 14.0. The van der Waals surface area contributed by atoms with E-state index in [2.05, 4.69) is 4.98 Å². The van der Waals surface area contributed by atoms with Crippen molar-refractivity contribution in [1.82, 2.24) is 4.98 Å². The monoisotopic (exact) mass is 394 g/mol. The van der Waals surface area contributed by atoms with Crippen LogP contribution >= 0.6 is 0 Å². The Labute approximate surface area is 168 Å². The van der Waals surface area contributed by atoms with Gasteiger partial charge in [0.1, 0.15) is 17.2 Å². The van der Waals surface area contributed by atoms with Crippen LogP contribution in [0.2, 0.25) is 0 Å². The number of nitro groups is 1. The summed E-state index contributed by atoms with van der Waals surface area (Å²) in [5, 5.41) is 11.6. The van der Waals surface area contributed by atoms with E-state index in [0.29, 0.717) is 13.1 Å². The highest BCUT2D eigenvalue weighted by molar-refractivity contribution is 5.71. The van der Waals surface area contributed by atoms with Gasteiger partial charge in [0.15, 0.2) is 0 Å². The number of ether oxygens (including phenoxy) is 2. The summed E-state index contributed by atoms with van der Waals surface area (Å²) in [6.07, 6.45) is 1.48. The number of anilines is 2. The van der Waals surface area contributed by atoms with Crippen molar-refractivity contribution in [2.75, 3.05) is 24.9 Å². The van der Waals surface area contributed by atoms with Crippen LogP contribution in [0, 0.1) is 10.1 Å². The highest BCUT2D eigenvalue weighted by Gasteiger charge is 2.25. The molecule has 0 saturated heterocycles. The molecule has 0 aliphatic heterocycles. The summed E-state index contributed by atoms with van der Waals surface area (Å²) in [4.78, 5) is 17.3. The molecule has 3 aromatic rings. The Bertz CT molecular complexity index is 925. The third kappa shape index (κ3) is 4.73. The molecule has 29 heavy (non-hydrogen) atoms. The summed E-state index contributed by atoms with van der Waals surface area (Å²) in [5.41, 5.74) is 7.67. The molecule has 2 N–H and O–H groups in total. The van der Waals surface area contributed by atoms with Gasteiger partial charge in [0.2, 0.25) is 5.82 Å². The lowest BCUT2D eigenvalue weighted by atomic mass is 10.1. The zero-order chi connectivity index (χ0) is 20.8. The van der Waals surface area contributed by atoms with Gasteiger partial charge in [0.05, 0.1) is 19.1 Å². The molecule has 1 aromatic heterocycles. The lowest BCUT2D eigenvalue weighted by Crippen LogP contribution is -2.24. The third-order valence-corrected chi connectivity index (χ3v) is 4.48. The molecule has 0 amide bonds. The van der Waals surface area contributed by atoms with Crippen molar-refractivity contribution >= 4 is 17.2 Å². The van der Waals surface area contributed by atoms with E-state index in [1.165, 1.54) is 12.3 Å². The van der Waals surface area contributed by atoms with E-state index in [4.69, 9.17) is 15.2 Å². The predicted molar refractivity (Wildman–Crippen MR) is 111 cm³/mol. The van der Waals surface area contributed by atoms with Crippen molar-refractivity contribution in [3.63, 3.8) is 0 Å². The van der Waals surface area contributed by atoms with E-state index in [1.54, 1.807) is 14.2 Å². The first-order valence-corrected chi connectivity index (χ1v) is 8.91. The molecule has 3 rings (SSSR count). The van der Waals surface area contributed by atoms with E-state index >= 15 is 0 Å². The average Bonchev–Trinajstić information content (AvgIpc) is 2.74. The molecule has 0 radical (unpaired) electrons. The number of nitrogen functional groups attached to an aromatic ring is 1. The first kappa shape index (κ1) is 19.9. The number of aromatic nitrogens is 1. The van der Waals surface area contributed by atoms with Gasteiger partial charge < -0.3 is 20.1 Å². The minimum Gasteiger partial charge on any atom is -0.497 e. The third-order valence-electron chi connectivity index (χ3n) is 4.48. The van der Waals surface area contributed by atoms with Gasteiger partial charge >= 0.3 is 5.69 Å². The number of hydrogen-bond acceptors (Lipinski definition) is 7. The number of hydrogen-bond donors (Lipinski definition) is 1. The Morgan fingerprint density at radius 3 is 1.83 bits per heavy atom. The Hall–Kier alpha value is -3.81. The van der Waals surface area contributed by atoms with Crippen molar-refractivity contribution in [3.05, 3.63) is 82.0 Å². The fraction of sp³-hybridized carbons (Fsp3) is 0.190. The Morgan fingerprint density at radius 1 is 0.931 bits per heavy atom. The molecule has 0 saturated carbocycles. The summed E-state index contributed by atoms with van der Waals surface area (Å²) in [6, 6.07) is 16.5. The molecule has 0 aliphatic rings. The number of nitrogens with zero attached hydrogens (tertiary/aromatic N) is 3. The fourth-order valence-corrected chi connectivity index (χ4v) is 2.98. The van der Waals surface area contributed by atoms with Gasteiger partial charge in [-0.05, 0) is 41.5 Å². The molecular weight excluding hydrogens is 372 g/mol. The number of rotatable bonds is 8. The molecule has 0 fully saturated rings. The Balaban J connectivity index is 1.98. The summed E-state index contributed by atoms with van der Waals surface area (Å²) in [6.45, 7) is 0.820. The zero-order valence-electron chi connectivity index (χ0n) is 16.2. The fourth-order valence-electron chi connectivity index (χ4n) is 2.98. The maximum Gasteiger partial charge on any atom is 0.334 e. The van der Waals surface area contributed by atoms with Crippen molar-refractivity contribution in [2.45, 2.75) is 13.1 Å². The van der Waals surface area contributed by atoms with Crippen LogP contribution < -0.4 is 20.1 Å². The molecule has 0 spiro atoms. The quantitative estimate of drug-likeness (QED) is 0.458. The molecule has 2 aromatic carbocycles. The second kappa shape index (κ2) is 8.92. The minimum atomic E-state index is -0.493. The van der Waals surface area contributed by atoms with Crippen LogP contribution in [-0.2, 0) is 13.1 Å². The van der Waals surface area contributed by atoms with Gasteiger partial charge in [-0.15, -0.1) is 0 Å². The number of methoxy groups -OCH3 is 2. The van der Waals surface area contributed by atoms with Crippen LogP contribution in [0.25, 0.3) is 0 Å². The largest absolute Gasteiger partial charge is 0.497 e. The van der Waals surface area contributed by atoms with Crippen molar-refractivity contribution in [2.24, 2.45) is 0 Å². The van der Waals surface area contributed by atoms with Crippen molar-refractivity contribution in [1.29, 1.82) is 0 Å². The van der Waals surface area contributed by atoms with Gasteiger partial charge in [0.25, 0.3) is 0 Å². The Morgan fingerprint density at radius 2 is 1.41 bits per heavy atom. The molecule has 150 valence electrons. The van der Waals surface area contributed by atoms with Gasteiger partial charge in [-0.1, -0.05) is 24.3 Å². The Kier molecular flexibility index (Phi) is 6.13. The summed E-state index contributed by atoms with van der Waals surface area (Å²) < 4.78 is 10.4.